The zero-order valence-electron chi connectivity index (χ0n) is 10.5. The van der Waals surface area contributed by atoms with Crippen LogP contribution in [0.5, 0.6) is 0 Å². The molecule has 0 amide bonds. The highest BCUT2D eigenvalue weighted by molar-refractivity contribution is 5.66. The van der Waals surface area contributed by atoms with Gasteiger partial charge in [-0.2, -0.15) is 0 Å². The molecular weight excluding hydrogens is 240 g/mol. The van der Waals surface area contributed by atoms with Gasteiger partial charge in [0.2, 0.25) is 0 Å². The van der Waals surface area contributed by atoms with Gasteiger partial charge in [0.25, 0.3) is 0 Å². The molecule has 6 heteroatoms. The van der Waals surface area contributed by atoms with E-state index in [4.69, 9.17) is 19.3 Å². The van der Waals surface area contributed by atoms with E-state index >= 15 is 0 Å². The molecule has 0 aromatic heterocycles. The third-order valence-electron chi connectivity index (χ3n) is 2.40. The third kappa shape index (κ3) is 4.85. The van der Waals surface area contributed by atoms with Crippen LogP contribution in [0.4, 0.5) is 0 Å². The van der Waals surface area contributed by atoms with Gasteiger partial charge < -0.3 is 19.3 Å². The summed E-state index contributed by atoms with van der Waals surface area (Å²) in [6.07, 6.45) is 2.49. The molecule has 0 radical (unpaired) electrons. The molecule has 0 fully saturated rings. The van der Waals surface area contributed by atoms with Gasteiger partial charge in [0, 0.05) is 26.9 Å². The average molecular weight is 258 g/mol. The molecule has 0 spiro atoms. The number of hydrogen-bond acceptors (Lipinski definition) is 6. The van der Waals surface area contributed by atoms with Crippen molar-refractivity contribution in [3.05, 3.63) is 12.2 Å². The van der Waals surface area contributed by atoms with Crippen molar-refractivity contribution in [3.63, 3.8) is 0 Å². The van der Waals surface area contributed by atoms with Crippen LogP contribution in [-0.4, -0.2) is 48.6 Å². The maximum atomic E-state index is 10.9. The molecule has 0 aromatic rings. The lowest BCUT2D eigenvalue weighted by molar-refractivity contribution is -0.163. The van der Waals surface area contributed by atoms with Gasteiger partial charge in [-0.15, -0.1) is 0 Å². The van der Waals surface area contributed by atoms with Crippen LogP contribution in [0, 0.1) is 0 Å². The highest BCUT2D eigenvalue weighted by Gasteiger charge is 2.30. The summed E-state index contributed by atoms with van der Waals surface area (Å²) in [5.74, 6) is -0.852. The van der Waals surface area contributed by atoms with Gasteiger partial charge in [-0.25, -0.2) is 0 Å². The van der Waals surface area contributed by atoms with Gasteiger partial charge in [0.05, 0.1) is 6.10 Å². The normalized spacial score (nSPS) is 26.7. The quantitative estimate of drug-likeness (QED) is 0.560. The Morgan fingerprint density at radius 1 is 1.28 bits per heavy atom. The van der Waals surface area contributed by atoms with Crippen LogP contribution in [-0.2, 0) is 23.8 Å². The van der Waals surface area contributed by atoms with Crippen molar-refractivity contribution in [1.29, 1.82) is 0 Å². The van der Waals surface area contributed by atoms with E-state index < -0.39 is 24.1 Å². The summed E-state index contributed by atoms with van der Waals surface area (Å²) in [5.41, 5.74) is 0. The molecule has 0 bridgehead atoms. The van der Waals surface area contributed by atoms with Crippen molar-refractivity contribution in [1.82, 2.24) is 0 Å². The van der Waals surface area contributed by atoms with E-state index in [1.807, 2.05) is 0 Å². The minimum Gasteiger partial charge on any atom is -0.463 e. The van der Waals surface area contributed by atoms with Gasteiger partial charge in [-0.3, -0.25) is 9.59 Å². The Balaban J connectivity index is 2.62. The predicted molar refractivity (Wildman–Crippen MR) is 61.7 cm³/mol. The van der Waals surface area contributed by atoms with Crippen LogP contribution in [0.1, 0.15) is 20.3 Å². The minimum absolute atomic E-state index is 0.00642. The number of hydrogen-bond donors (Lipinski definition) is 1. The second-order valence-corrected chi connectivity index (χ2v) is 3.99. The fourth-order valence-electron chi connectivity index (χ4n) is 1.64. The second-order valence-electron chi connectivity index (χ2n) is 3.99. The second kappa shape index (κ2) is 7.13. The van der Waals surface area contributed by atoms with Crippen LogP contribution < -0.4 is 0 Å². The molecule has 0 aromatic carbocycles. The zero-order chi connectivity index (χ0) is 13.5. The predicted octanol–water partition coefficient (Wildman–Crippen LogP) is 0.187. The Labute approximate surface area is 106 Å². The van der Waals surface area contributed by atoms with Crippen LogP contribution >= 0.6 is 0 Å². The number of rotatable bonds is 5. The van der Waals surface area contributed by atoms with E-state index in [0.717, 1.165) is 0 Å². The van der Waals surface area contributed by atoms with E-state index in [1.54, 1.807) is 12.2 Å². The lowest BCUT2D eigenvalue weighted by atomic mass is 10.1. The SMILES string of the molecule is CC(=O)OC[C@H]1O[C@@H](CCO)C=C[C@H]1OC(C)=O. The van der Waals surface area contributed by atoms with Gasteiger partial charge in [-0.1, -0.05) is 6.08 Å². The summed E-state index contributed by atoms with van der Waals surface area (Å²) >= 11 is 0. The van der Waals surface area contributed by atoms with Crippen LogP contribution in [0.3, 0.4) is 0 Å². The minimum atomic E-state index is -0.572. The Kier molecular flexibility index (Phi) is 5.80. The number of esters is 2. The molecule has 18 heavy (non-hydrogen) atoms. The number of carbonyl (C=O) groups excluding carboxylic acids is 2. The molecule has 1 heterocycles. The molecule has 0 saturated carbocycles. The molecule has 3 atom stereocenters. The first kappa shape index (κ1) is 14.7. The Morgan fingerprint density at radius 3 is 2.56 bits per heavy atom. The first-order chi connectivity index (χ1) is 8.52. The average Bonchev–Trinajstić information content (AvgIpc) is 2.28. The molecule has 102 valence electrons. The number of aliphatic hydroxyl groups is 1. The smallest absolute Gasteiger partial charge is 0.303 e. The summed E-state index contributed by atoms with van der Waals surface area (Å²) in [7, 11) is 0. The Bertz CT molecular complexity index is 325. The van der Waals surface area contributed by atoms with Crippen LogP contribution in [0.15, 0.2) is 12.2 Å². The third-order valence-corrected chi connectivity index (χ3v) is 2.40. The van der Waals surface area contributed by atoms with Crippen molar-refractivity contribution in [2.45, 2.75) is 38.6 Å². The zero-order valence-corrected chi connectivity index (χ0v) is 10.5. The molecule has 1 aliphatic heterocycles. The van der Waals surface area contributed by atoms with Gasteiger partial charge in [0.15, 0.2) is 0 Å². The molecule has 0 unspecified atom stereocenters. The maximum Gasteiger partial charge on any atom is 0.303 e. The molecule has 1 rings (SSSR count). The van der Waals surface area contributed by atoms with Crippen LogP contribution in [0.2, 0.25) is 0 Å². The molecule has 0 saturated heterocycles. The standard InChI is InChI=1S/C12H18O6/c1-8(14)16-7-12-11(17-9(2)15)4-3-10(18-12)5-6-13/h3-4,10-13H,5-7H2,1-2H3/t10-,11-,12-/m1/s1. The summed E-state index contributed by atoms with van der Waals surface area (Å²) in [6.45, 7) is 2.61. The first-order valence-electron chi connectivity index (χ1n) is 5.78. The van der Waals surface area contributed by atoms with Crippen molar-refractivity contribution < 1.29 is 28.9 Å². The van der Waals surface area contributed by atoms with E-state index in [9.17, 15) is 9.59 Å². The lowest BCUT2D eigenvalue weighted by Gasteiger charge is -2.31. The first-order valence-corrected chi connectivity index (χ1v) is 5.78. The molecule has 6 nitrogen and oxygen atoms in total. The Hall–Kier alpha value is -1.40. The monoisotopic (exact) mass is 258 g/mol. The van der Waals surface area contributed by atoms with Gasteiger partial charge in [-0.05, 0) is 6.08 Å². The van der Waals surface area contributed by atoms with Crippen molar-refractivity contribution in [2.24, 2.45) is 0 Å². The number of carbonyl (C=O) groups is 2. The number of aliphatic hydroxyl groups excluding tert-OH is 1. The van der Waals surface area contributed by atoms with E-state index in [1.165, 1.54) is 13.8 Å². The Morgan fingerprint density at radius 2 is 2.00 bits per heavy atom. The summed E-state index contributed by atoms with van der Waals surface area (Å²) in [4.78, 5) is 21.7. The fraction of sp³-hybridized carbons (Fsp3) is 0.667. The van der Waals surface area contributed by atoms with Gasteiger partial charge in [0.1, 0.15) is 18.8 Å². The van der Waals surface area contributed by atoms with Crippen molar-refractivity contribution in [2.75, 3.05) is 13.2 Å². The van der Waals surface area contributed by atoms with Crippen molar-refractivity contribution >= 4 is 11.9 Å². The maximum absolute atomic E-state index is 10.9. The fourth-order valence-corrected chi connectivity index (χ4v) is 1.64. The van der Waals surface area contributed by atoms with Crippen LogP contribution in [0.25, 0.3) is 0 Å². The molecular formula is C12H18O6. The number of ether oxygens (including phenoxy) is 3. The summed E-state index contributed by atoms with van der Waals surface area (Å²) in [6, 6.07) is 0. The highest BCUT2D eigenvalue weighted by Crippen LogP contribution is 2.18. The summed E-state index contributed by atoms with van der Waals surface area (Å²) < 4.78 is 15.5. The van der Waals surface area contributed by atoms with E-state index in [2.05, 4.69) is 0 Å². The highest BCUT2D eigenvalue weighted by atomic mass is 16.6. The molecule has 0 aliphatic carbocycles. The van der Waals surface area contributed by atoms with E-state index in [0.29, 0.717) is 6.42 Å². The van der Waals surface area contributed by atoms with E-state index in [-0.39, 0.29) is 19.3 Å². The van der Waals surface area contributed by atoms with Crippen molar-refractivity contribution in [3.8, 4) is 0 Å². The molecule has 1 N–H and O–H groups in total. The molecule has 1 aliphatic rings. The lowest BCUT2D eigenvalue weighted by Crippen LogP contribution is -2.41. The van der Waals surface area contributed by atoms with Gasteiger partial charge >= 0.3 is 11.9 Å². The summed E-state index contributed by atoms with van der Waals surface area (Å²) in [5, 5.41) is 8.85. The topological polar surface area (TPSA) is 82.1 Å². The largest absolute Gasteiger partial charge is 0.463 e.